The van der Waals surface area contributed by atoms with Gasteiger partial charge in [0.15, 0.2) is 5.78 Å². The summed E-state index contributed by atoms with van der Waals surface area (Å²) in [7, 11) is 0. The second-order valence-corrected chi connectivity index (χ2v) is 8.40. The molecular weight excluding hydrogens is 396 g/mol. The third kappa shape index (κ3) is 5.46. The standard InChI is InChI=1S/C26H23ClO3/c1-26(2,3)21-13-8-20(9-14-21)25(29)30-24-7-5-4-6-19(24)12-17-23(28)18-10-15-22(27)16-11-18/h4-17H,1-3H3/b17-12+. The number of hydrogen-bond acceptors (Lipinski definition) is 3. The van der Waals surface area contributed by atoms with Gasteiger partial charge in [-0.3, -0.25) is 4.79 Å². The largest absolute Gasteiger partial charge is 0.422 e. The number of halogens is 1. The van der Waals surface area contributed by atoms with E-state index in [1.165, 1.54) is 6.08 Å². The highest BCUT2D eigenvalue weighted by molar-refractivity contribution is 6.30. The Hall–Kier alpha value is -3.17. The quantitative estimate of drug-likeness (QED) is 0.199. The van der Waals surface area contributed by atoms with E-state index < -0.39 is 5.97 Å². The van der Waals surface area contributed by atoms with E-state index in [0.29, 0.717) is 27.5 Å². The van der Waals surface area contributed by atoms with Crippen LogP contribution in [0.3, 0.4) is 0 Å². The van der Waals surface area contributed by atoms with Gasteiger partial charge in [-0.15, -0.1) is 0 Å². The Kier molecular flexibility index (Phi) is 6.53. The first-order valence-electron chi connectivity index (χ1n) is 9.64. The maximum atomic E-state index is 12.6. The maximum Gasteiger partial charge on any atom is 0.343 e. The smallest absolute Gasteiger partial charge is 0.343 e. The van der Waals surface area contributed by atoms with E-state index in [1.807, 2.05) is 18.2 Å². The van der Waals surface area contributed by atoms with Gasteiger partial charge in [-0.2, -0.15) is 0 Å². The summed E-state index contributed by atoms with van der Waals surface area (Å²) in [6.45, 7) is 6.36. The Bertz CT molecular complexity index is 1070. The van der Waals surface area contributed by atoms with Crippen LogP contribution in [0.2, 0.25) is 5.02 Å². The molecule has 0 aliphatic heterocycles. The number of ether oxygens (including phenoxy) is 1. The minimum atomic E-state index is -0.444. The molecule has 4 heteroatoms. The molecule has 152 valence electrons. The fraction of sp³-hybridized carbons (Fsp3) is 0.154. The van der Waals surface area contributed by atoms with E-state index in [0.717, 1.165) is 5.56 Å². The highest BCUT2D eigenvalue weighted by Crippen LogP contribution is 2.24. The second-order valence-electron chi connectivity index (χ2n) is 7.96. The lowest BCUT2D eigenvalue weighted by molar-refractivity contribution is 0.0734. The molecule has 3 rings (SSSR count). The highest BCUT2D eigenvalue weighted by Gasteiger charge is 2.15. The Morgan fingerprint density at radius 1 is 0.833 bits per heavy atom. The normalized spacial score (nSPS) is 11.5. The third-order valence-electron chi connectivity index (χ3n) is 4.65. The Morgan fingerprint density at radius 2 is 1.43 bits per heavy atom. The van der Waals surface area contributed by atoms with Crippen molar-refractivity contribution in [3.63, 3.8) is 0 Å². The summed E-state index contributed by atoms with van der Waals surface area (Å²) < 4.78 is 5.59. The molecule has 0 N–H and O–H groups in total. The van der Waals surface area contributed by atoms with E-state index in [1.54, 1.807) is 60.7 Å². The summed E-state index contributed by atoms with van der Waals surface area (Å²) in [5.41, 5.74) is 2.79. The van der Waals surface area contributed by atoms with Crippen molar-refractivity contribution in [1.82, 2.24) is 0 Å². The van der Waals surface area contributed by atoms with Crippen molar-refractivity contribution >= 4 is 29.4 Å². The molecule has 0 unspecified atom stereocenters. The van der Waals surface area contributed by atoms with E-state index >= 15 is 0 Å². The van der Waals surface area contributed by atoms with Gasteiger partial charge in [0.05, 0.1) is 5.56 Å². The average molecular weight is 419 g/mol. The number of carbonyl (C=O) groups is 2. The zero-order valence-corrected chi connectivity index (χ0v) is 17.9. The van der Waals surface area contributed by atoms with E-state index in [9.17, 15) is 9.59 Å². The third-order valence-corrected chi connectivity index (χ3v) is 4.90. The molecule has 0 aromatic heterocycles. The zero-order chi connectivity index (χ0) is 21.7. The number of esters is 1. The number of allylic oxidation sites excluding steroid dienone is 1. The van der Waals surface area contributed by atoms with Gasteiger partial charge in [0.2, 0.25) is 0 Å². The number of rotatable bonds is 5. The van der Waals surface area contributed by atoms with E-state index in [2.05, 4.69) is 20.8 Å². The molecule has 3 nitrogen and oxygen atoms in total. The van der Waals surface area contributed by atoms with Crippen molar-refractivity contribution in [3.05, 3.63) is 106 Å². The van der Waals surface area contributed by atoms with Gasteiger partial charge in [-0.25, -0.2) is 4.79 Å². The molecule has 3 aromatic rings. The molecule has 0 spiro atoms. The summed E-state index contributed by atoms with van der Waals surface area (Å²) in [6, 6.07) is 21.2. The van der Waals surface area contributed by atoms with Gasteiger partial charge in [-0.05, 0) is 65.6 Å². The predicted molar refractivity (Wildman–Crippen MR) is 121 cm³/mol. The van der Waals surface area contributed by atoms with Gasteiger partial charge in [0.1, 0.15) is 5.75 Å². The zero-order valence-electron chi connectivity index (χ0n) is 17.2. The first-order chi connectivity index (χ1) is 14.2. The minimum absolute atomic E-state index is 0.0104. The van der Waals surface area contributed by atoms with Crippen LogP contribution in [0.25, 0.3) is 6.08 Å². The second kappa shape index (κ2) is 9.10. The van der Waals surface area contributed by atoms with Crippen LogP contribution in [0.5, 0.6) is 5.75 Å². The molecule has 0 heterocycles. The van der Waals surface area contributed by atoms with Crippen molar-refractivity contribution in [1.29, 1.82) is 0 Å². The summed E-state index contributed by atoms with van der Waals surface area (Å²) in [6.07, 6.45) is 3.09. The van der Waals surface area contributed by atoms with Crippen LogP contribution >= 0.6 is 11.6 Å². The predicted octanol–water partition coefficient (Wildman–Crippen LogP) is 6.75. The maximum absolute atomic E-state index is 12.6. The Labute approximate surface area is 182 Å². The lowest BCUT2D eigenvalue weighted by atomic mass is 9.87. The Morgan fingerprint density at radius 3 is 2.07 bits per heavy atom. The van der Waals surface area contributed by atoms with Gasteiger partial charge in [0, 0.05) is 16.1 Å². The topological polar surface area (TPSA) is 43.4 Å². The highest BCUT2D eigenvalue weighted by atomic mass is 35.5. The fourth-order valence-corrected chi connectivity index (χ4v) is 2.98. The van der Waals surface area contributed by atoms with Crippen LogP contribution < -0.4 is 4.74 Å². The lowest BCUT2D eigenvalue weighted by Crippen LogP contribution is -2.13. The van der Waals surface area contributed by atoms with Crippen molar-refractivity contribution in [2.75, 3.05) is 0 Å². The molecule has 0 amide bonds. The van der Waals surface area contributed by atoms with Crippen LogP contribution in [0.4, 0.5) is 0 Å². The van der Waals surface area contributed by atoms with Crippen LogP contribution in [0, 0.1) is 0 Å². The Balaban J connectivity index is 1.75. The molecule has 0 atom stereocenters. The number of carbonyl (C=O) groups excluding carboxylic acids is 2. The van der Waals surface area contributed by atoms with Crippen LogP contribution in [0.15, 0.2) is 78.9 Å². The SMILES string of the molecule is CC(C)(C)c1ccc(C(=O)Oc2ccccc2/C=C/C(=O)c2ccc(Cl)cc2)cc1. The first kappa shape index (κ1) is 21.5. The van der Waals surface area contributed by atoms with Crippen molar-refractivity contribution in [2.45, 2.75) is 26.2 Å². The molecule has 0 saturated heterocycles. The molecule has 0 aliphatic rings. The van der Waals surface area contributed by atoms with Crippen LogP contribution in [-0.4, -0.2) is 11.8 Å². The summed E-state index contributed by atoms with van der Waals surface area (Å²) in [5.74, 6) is -0.214. The van der Waals surface area contributed by atoms with Crippen LogP contribution in [0.1, 0.15) is 52.6 Å². The molecule has 0 fully saturated rings. The van der Waals surface area contributed by atoms with Gasteiger partial charge < -0.3 is 4.74 Å². The molecule has 30 heavy (non-hydrogen) atoms. The van der Waals surface area contributed by atoms with Crippen molar-refractivity contribution < 1.29 is 14.3 Å². The van der Waals surface area contributed by atoms with Crippen molar-refractivity contribution in [2.24, 2.45) is 0 Å². The number of para-hydroxylation sites is 1. The molecular formula is C26H23ClO3. The number of ketones is 1. The van der Waals surface area contributed by atoms with E-state index in [-0.39, 0.29) is 11.2 Å². The summed E-state index contributed by atoms with van der Waals surface area (Å²) in [5, 5.41) is 0.573. The fourth-order valence-electron chi connectivity index (χ4n) is 2.85. The summed E-state index contributed by atoms with van der Waals surface area (Å²) >= 11 is 5.86. The minimum Gasteiger partial charge on any atom is -0.422 e. The van der Waals surface area contributed by atoms with E-state index in [4.69, 9.17) is 16.3 Å². The lowest BCUT2D eigenvalue weighted by Gasteiger charge is -2.19. The molecule has 3 aromatic carbocycles. The first-order valence-corrected chi connectivity index (χ1v) is 10.0. The molecule has 0 saturated carbocycles. The van der Waals surface area contributed by atoms with Crippen LogP contribution in [-0.2, 0) is 5.41 Å². The monoisotopic (exact) mass is 418 g/mol. The summed E-state index contributed by atoms with van der Waals surface area (Å²) in [4.78, 5) is 25.0. The number of benzene rings is 3. The molecule has 0 aliphatic carbocycles. The molecule has 0 bridgehead atoms. The van der Waals surface area contributed by atoms with Gasteiger partial charge in [0.25, 0.3) is 0 Å². The number of hydrogen-bond donors (Lipinski definition) is 0. The molecule has 0 radical (unpaired) electrons. The van der Waals surface area contributed by atoms with Crippen molar-refractivity contribution in [3.8, 4) is 5.75 Å². The van der Waals surface area contributed by atoms with Gasteiger partial charge in [-0.1, -0.05) is 62.7 Å². The van der Waals surface area contributed by atoms with Gasteiger partial charge >= 0.3 is 5.97 Å². The average Bonchev–Trinajstić information content (AvgIpc) is 2.73.